The summed E-state index contributed by atoms with van der Waals surface area (Å²) in [4.78, 5) is 20.1. The number of hydrogen-bond acceptors (Lipinski definition) is 8. The zero-order valence-electron chi connectivity index (χ0n) is 24.2. The highest BCUT2D eigenvalue weighted by molar-refractivity contribution is 6.33. The van der Waals surface area contributed by atoms with Crippen LogP contribution in [0.1, 0.15) is 25.1 Å². The number of methoxy groups -OCH3 is 1. The van der Waals surface area contributed by atoms with E-state index < -0.39 is 23.3 Å². The molecule has 0 aliphatic rings. The van der Waals surface area contributed by atoms with Crippen LogP contribution in [0.5, 0.6) is 5.88 Å². The molecule has 2 aromatic heterocycles. The van der Waals surface area contributed by atoms with Gasteiger partial charge in [-0.1, -0.05) is 17.7 Å². The van der Waals surface area contributed by atoms with Gasteiger partial charge >= 0.3 is 12.1 Å². The summed E-state index contributed by atoms with van der Waals surface area (Å²) in [6.45, 7) is 6.09. The molecule has 0 spiro atoms. The van der Waals surface area contributed by atoms with Crippen LogP contribution in [0.15, 0.2) is 36.7 Å². The van der Waals surface area contributed by atoms with E-state index in [4.69, 9.17) is 25.8 Å². The van der Waals surface area contributed by atoms with E-state index in [9.17, 15) is 18.0 Å². The molecule has 1 aromatic carbocycles. The number of carbonyl (C=O) groups excluding carboxylic acids is 1. The molecule has 0 aliphatic heterocycles. The first-order valence-electron chi connectivity index (χ1n) is 12.7. The fourth-order valence-electron chi connectivity index (χ4n) is 3.79. The van der Waals surface area contributed by atoms with E-state index in [1.807, 2.05) is 38.1 Å². The van der Waals surface area contributed by atoms with Gasteiger partial charge in [0.05, 0.1) is 24.2 Å². The number of halogens is 4. The number of benzene rings is 1. The smallest absolute Gasteiger partial charge is 0.434 e. The average molecular weight is 598 g/mol. The Morgan fingerprint density at radius 3 is 2.41 bits per heavy atom. The van der Waals surface area contributed by atoms with Gasteiger partial charge in [-0.25, -0.2) is 20.0 Å². The zero-order valence-corrected chi connectivity index (χ0v) is 24.9. The van der Waals surface area contributed by atoms with Gasteiger partial charge < -0.3 is 18.8 Å². The lowest BCUT2D eigenvalue weighted by Gasteiger charge is -2.23. The Kier molecular flexibility index (Phi) is 10.4. The number of aryl methyl sites for hydroxylation is 1. The predicted octanol–water partition coefficient (Wildman–Crippen LogP) is 5.55. The van der Waals surface area contributed by atoms with Gasteiger partial charge in [-0.15, -0.1) is 0 Å². The second-order valence-electron chi connectivity index (χ2n) is 10.4. The van der Waals surface area contributed by atoms with Crippen molar-refractivity contribution in [3.8, 4) is 28.4 Å². The minimum atomic E-state index is -4.63. The third kappa shape index (κ3) is 8.19. The van der Waals surface area contributed by atoms with Crippen LogP contribution in [0.4, 0.5) is 13.2 Å². The molecule has 0 fully saturated rings. The number of hydrogen-bond donors (Lipinski definition) is 0. The van der Waals surface area contributed by atoms with Gasteiger partial charge in [0, 0.05) is 57.3 Å². The molecule has 0 aliphatic carbocycles. The van der Waals surface area contributed by atoms with Crippen molar-refractivity contribution in [2.45, 2.75) is 33.7 Å². The number of pyridine rings is 1. The highest BCUT2D eigenvalue weighted by Crippen LogP contribution is 2.36. The van der Waals surface area contributed by atoms with E-state index in [0.29, 0.717) is 30.2 Å². The largest absolute Gasteiger partial charge is 0.476 e. The van der Waals surface area contributed by atoms with Crippen LogP contribution in [0, 0.1) is 12.3 Å². The number of esters is 1. The van der Waals surface area contributed by atoms with E-state index in [-0.39, 0.29) is 24.2 Å². The topological polar surface area (TPSA) is 81.9 Å². The summed E-state index contributed by atoms with van der Waals surface area (Å²) in [6.07, 6.45) is -2.10. The molecule has 2 heterocycles. The number of alkyl halides is 3. The first kappa shape index (κ1) is 32.3. The molecule has 0 saturated carbocycles. The number of rotatable bonds is 12. The summed E-state index contributed by atoms with van der Waals surface area (Å²) in [5.74, 6) is -0.0156. The fourth-order valence-corrected chi connectivity index (χ4v) is 4.06. The Bertz CT molecular complexity index is 1360. The zero-order chi connectivity index (χ0) is 30.5. The summed E-state index contributed by atoms with van der Waals surface area (Å²) < 4.78 is 58.0. The molecule has 3 aromatic rings. The number of likely N-dealkylation sites (N-methyl/N-ethyl adjacent to an activating group) is 1. The van der Waals surface area contributed by atoms with Crippen molar-refractivity contribution in [3.05, 3.63) is 52.9 Å². The van der Waals surface area contributed by atoms with Gasteiger partial charge in [-0.3, -0.25) is 4.79 Å². The van der Waals surface area contributed by atoms with E-state index >= 15 is 0 Å². The molecule has 41 heavy (non-hydrogen) atoms. The Morgan fingerprint density at radius 1 is 1.12 bits per heavy atom. The number of ether oxygens (including phenoxy) is 3. The van der Waals surface area contributed by atoms with Gasteiger partial charge in [-0.2, -0.15) is 13.2 Å². The van der Waals surface area contributed by atoms with Crippen molar-refractivity contribution < 1.29 is 32.2 Å². The first-order valence-corrected chi connectivity index (χ1v) is 13.1. The minimum absolute atomic E-state index is 0.0432. The van der Waals surface area contributed by atoms with E-state index in [1.165, 1.54) is 11.7 Å². The van der Waals surface area contributed by atoms with Crippen molar-refractivity contribution in [1.29, 1.82) is 0 Å². The van der Waals surface area contributed by atoms with E-state index in [0.717, 1.165) is 17.3 Å². The van der Waals surface area contributed by atoms with Crippen LogP contribution in [-0.4, -0.2) is 78.5 Å². The van der Waals surface area contributed by atoms with Crippen LogP contribution >= 0.6 is 11.6 Å². The quantitative estimate of drug-likeness (QED) is 0.153. The van der Waals surface area contributed by atoms with Gasteiger partial charge in [0.2, 0.25) is 5.88 Å². The molecule has 0 bridgehead atoms. The van der Waals surface area contributed by atoms with Gasteiger partial charge in [-0.05, 0) is 44.0 Å². The molecule has 9 nitrogen and oxygen atoms in total. The maximum Gasteiger partial charge on any atom is 0.434 e. The summed E-state index contributed by atoms with van der Waals surface area (Å²) >= 11 is 6.60. The molecule has 224 valence electrons. The normalized spacial score (nSPS) is 12.3. The van der Waals surface area contributed by atoms with E-state index in [2.05, 4.69) is 9.97 Å². The Labute approximate surface area is 242 Å². The van der Waals surface area contributed by atoms with Gasteiger partial charge in [0.1, 0.15) is 19.2 Å². The van der Waals surface area contributed by atoms with Crippen LogP contribution in [0.25, 0.3) is 22.5 Å². The summed E-state index contributed by atoms with van der Waals surface area (Å²) in [5.41, 5.74) is 0.736. The molecular weight excluding hydrogens is 563 g/mol. The lowest BCUT2D eigenvalue weighted by atomic mass is 9.95. The highest BCUT2D eigenvalue weighted by atomic mass is 35.5. The van der Waals surface area contributed by atoms with Crippen molar-refractivity contribution in [2.75, 3.05) is 48.0 Å². The number of hydrazine groups is 1. The van der Waals surface area contributed by atoms with Crippen LogP contribution < -0.4 is 4.74 Å². The number of aromatic nitrogens is 3. The summed E-state index contributed by atoms with van der Waals surface area (Å²) in [7, 11) is 6.95. The standard InChI is InChI=1S/C28H35ClF3N5O4/c1-18-12-24(41-16-27(2,3)26(38)39-7)33-14-21(18)19-8-9-20(22(29)13-19)25-34-23(28(30,31)32)15-37(25)17-40-11-10-36(6)35(4)5/h8-9,12-15H,10-11,16-17H2,1-7H3. The van der Waals surface area contributed by atoms with Crippen LogP contribution in [0.3, 0.4) is 0 Å². The molecule has 0 atom stereocenters. The number of carbonyl (C=O) groups is 1. The van der Waals surface area contributed by atoms with E-state index in [1.54, 1.807) is 44.3 Å². The fraction of sp³-hybridized carbons (Fsp3) is 0.464. The monoisotopic (exact) mass is 597 g/mol. The van der Waals surface area contributed by atoms with Gasteiger partial charge in [0.15, 0.2) is 5.69 Å². The first-order chi connectivity index (χ1) is 19.1. The summed E-state index contributed by atoms with van der Waals surface area (Å²) in [5, 5.41) is 4.00. The van der Waals surface area contributed by atoms with Crippen LogP contribution in [0.2, 0.25) is 5.02 Å². The lowest BCUT2D eigenvalue weighted by Crippen LogP contribution is -2.35. The Hall–Kier alpha value is -3.19. The highest BCUT2D eigenvalue weighted by Gasteiger charge is 2.35. The maximum atomic E-state index is 13.5. The predicted molar refractivity (Wildman–Crippen MR) is 149 cm³/mol. The Balaban J connectivity index is 1.83. The SMILES string of the molecule is COC(=O)C(C)(C)COc1cc(C)c(-c2ccc(-c3nc(C(F)(F)F)cn3COCCN(C)N(C)C)c(Cl)c2)cn1. The van der Waals surface area contributed by atoms with Gasteiger partial charge in [0.25, 0.3) is 0 Å². The minimum Gasteiger partial charge on any atom is -0.476 e. The maximum absolute atomic E-state index is 13.5. The molecule has 0 radical (unpaired) electrons. The molecule has 0 amide bonds. The molecule has 0 N–H and O–H groups in total. The molecular formula is C28H35ClF3N5O4. The molecule has 0 saturated heterocycles. The van der Waals surface area contributed by atoms with Crippen molar-refractivity contribution in [2.24, 2.45) is 5.41 Å². The molecule has 3 rings (SSSR count). The molecule has 13 heteroatoms. The molecule has 0 unspecified atom stereocenters. The van der Waals surface area contributed by atoms with Crippen LogP contribution in [-0.2, 0) is 27.2 Å². The second-order valence-corrected chi connectivity index (χ2v) is 10.8. The van der Waals surface area contributed by atoms with Crippen molar-refractivity contribution in [3.63, 3.8) is 0 Å². The number of nitrogens with zero attached hydrogens (tertiary/aromatic N) is 5. The van der Waals surface area contributed by atoms with Crippen molar-refractivity contribution >= 4 is 17.6 Å². The lowest BCUT2D eigenvalue weighted by molar-refractivity contribution is -0.152. The van der Waals surface area contributed by atoms with Crippen molar-refractivity contribution in [1.82, 2.24) is 24.6 Å². The average Bonchev–Trinajstić information content (AvgIpc) is 3.33. The second kappa shape index (κ2) is 13.2. The third-order valence-corrected chi connectivity index (χ3v) is 6.78. The summed E-state index contributed by atoms with van der Waals surface area (Å²) in [6, 6.07) is 6.75. The number of imidazole rings is 1. The third-order valence-electron chi connectivity index (χ3n) is 6.46. The Morgan fingerprint density at radius 2 is 1.83 bits per heavy atom.